The van der Waals surface area contributed by atoms with Gasteiger partial charge in [-0.1, -0.05) is 32.1 Å². The first-order chi connectivity index (χ1) is 7.77. The quantitative estimate of drug-likeness (QED) is 0.749. The molecule has 0 spiro atoms. The number of nitrogens with two attached hydrogens (primary N) is 1. The molecule has 2 fully saturated rings. The second-order valence-electron chi connectivity index (χ2n) is 5.40. The van der Waals surface area contributed by atoms with E-state index in [2.05, 4.69) is 5.32 Å². The summed E-state index contributed by atoms with van der Waals surface area (Å²) in [5, 5.41) is 3.21. The average Bonchev–Trinajstić information content (AvgIpc) is 2.53. The van der Waals surface area contributed by atoms with E-state index in [1.807, 2.05) is 0 Å². The molecule has 0 bridgehead atoms. The fourth-order valence-corrected chi connectivity index (χ4v) is 3.05. The van der Waals surface area contributed by atoms with Gasteiger partial charge in [0.05, 0.1) is 5.92 Å². The number of hydrogen-bond donors (Lipinski definition) is 2. The highest BCUT2D eigenvalue weighted by Crippen LogP contribution is 2.25. The van der Waals surface area contributed by atoms with Gasteiger partial charge < -0.3 is 11.1 Å². The number of amides is 1. The molecule has 0 saturated heterocycles. The lowest BCUT2D eigenvalue weighted by atomic mass is 10.0. The van der Waals surface area contributed by atoms with Crippen LogP contribution in [-0.2, 0) is 4.79 Å². The summed E-state index contributed by atoms with van der Waals surface area (Å²) in [6, 6.07) is 0.522. The molecule has 0 heterocycles. The summed E-state index contributed by atoms with van der Waals surface area (Å²) in [4.78, 5) is 12.0. The third kappa shape index (κ3) is 4.14. The molecule has 0 aromatic rings. The molecule has 1 amide bonds. The van der Waals surface area contributed by atoms with E-state index in [9.17, 15) is 4.79 Å². The maximum Gasteiger partial charge on any atom is 0.224 e. The van der Waals surface area contributed by atoms with Crippen molar-refractivity contribution in [1.29, 1.82) is 0 Å². The third-order valence-corrected chi connectivity index (χ3v) is 4.11. The molecule has 2 rings (SSSR count). The van der Waals surface area contributed by atoms with Crippen LogP contribution in [0.2, 0.25) is 0 Å². The molecule has 0 aliphatic heterocycles. The molecule has 0 radical (unpaired) electrons. The molecule has 2 unspecified atom stereocenters. The molecular formula is C13H25ClN2O. The van der Waals surface area contributed by atoms with Crippen molar-refractivity contribution < 1.29 is 4.79 Å². The second-order valence-corrected chi connectivity index (χ2v) is 5.40. The lowest BCUT2D eigenvalue weighted by Gasteiger charge is -2.21. The van der Waals surface area contributed by atoms with Crippen LogP contribution in [-0.4, -0.2) is 18.0 Å². The van der Waals surface area contributed by atoms with Gasteiger partial charge in [0.2, 0.25) is 5.91 Å². The zero-order chi connectivity index (χ0) is 11.4. The van der Waals surface area contributed by atoms with Crippen molar-refractivity contribution in [3.8, 4) is 0 Å². The highest BCUT2D eigenvalue weighted by molar-refractivity contribution is 5.85. The summed E-state index contributed by atoms with van der Waals surface area (Å²) in [5.74, 6) is 0.306. The molecule has 2 aliphatic carbocycles. The second kappa shape index (κ2) is 7.22. The van der Waals surface area contributed by atoms with Gasteiger partial charge in [-0.2, -0.15) is 0 Å². The normalized spacial score (nSPS) is 30.4. The summed E-state index contributed by atoms with van der Waals surface area (Å²) in [6.07, 6.45) is 10.6. The average molecular weight is 261 g/mol. The van der Waals surface area contributed by atoms with Gasteiger partial charge >= 0.3 is 0 Å². The standard InChI is InChI=1S/C13H24N2O.ClH/c14-12-9-5-8-11(12)13(16)15-10-6-3-1-2-4-7-10;/h10-12H,1-9,14H2,(H,15,16);1H. The van der Waals surface area contributed by atoms with Crippen molar-refractivity contribution in [2.24, 2.45) is 11.7 Å². The van der Waals surface area contributed by atoms with Crippen LogP contribution in [0.25, 0.3) is 0 Å². The first kappa shape index (κ1) is 14.8. The predicted molar refractivity (Wildman–Crippen MR) is 72.2 cm³/mol. The summed E-state index contributed by atoms with van der Waals surface area (Å²) in [6.45, 7) is 0. The number of hydrogen-bond acceptors (Lipinski definition) is 2. The summed E-state index contributed by atoms with van der Waals surface area (Å²) in [7, 11) is 0. The van der Waals surface area contributed by atoms with Gasteiger partial charge in [-0.05, 0) is 25.7 Å². The lowest BCUT2D eigenvalue weighted by Crippen LogP contribution is -2.43. The smallest absolute Gasteiger partial charge is 0.224 e. The molecule has 100 valence electrons. The van der Waals surface area contributed by atoms with Gasteiger partial charge in [0.15, 0.2) is 0 Å². The molecule has 0 aromatic carbocycles. The monoisotopic (exact) mass is 260 g/mol. The maximum absolute atomic E-state index is 12.0. The van der Waals surface area contributed by atoms with Gasteiger partial charge in [0, 0.05) is 12.1 Å². The minimum Gasteiger partial charge on any atom is -0.353 e. The first-order valence-electron chi connectivity index (χ1n) is 6.83. The van der Waals surface area contributed by atoms with E-state index in [1.165, 1.54) is 25.7 Å². The van der Waals surface area contributed by atoms with Crippen molar-refractivity contribution in [1.82, 2.24) is 5.32 Å². The Labute approximate surface area is 110 Å². The number of carbonyl (C=O) groups is 1. The molecule has 17 heavy (non-hydrogen) atoms. The fourth-order valence-electron chi connectivity index (χ4n) is 3.05. The van der Waals surface area contributed by atoms with E-state index in [-0.39, 0.29) is 30.3 Å². The highest BCUT2D eigenvalue weighted by atomic mass is 35.5. The highest BCUT2D eigenvalue weighted by Gasteiger charge is 2.31. The minimum absolute atomic E-state index is 0. The Morgan fingerprint density at radius 3 is 2.12 bits per heavy atom. The molecular weight excluding hydrogens is 236 g/mol. The van der Waals surface area contributed by atoms with Crippen molar-refractivity contribution in [2.45, 2.75) is 69.9 Å². The molecule has 2 aliphatic rings. The van der Waals surface area contributed by atoms with Gasteiger partial charge in [0.25, 0.3) is 0 Å². The van der Waals surface area contributed by atoms with Crippen LogP contribution in [0.1, 0.15) is 57.8 Å². The summed E-state index contributed by atoms with van der Waals surface area (Å²) >= 11 is 0. The minimum atomic E-state index is 0. The Kier molecular flexibility index (Phi) is 6.28. The van der Waals surface area contributed by atoms with E-state index < -0.39 is 0 Å². The Morgan fingerprint density at radius 2 is 1.59 bits per heavy atom. The van der Waals surface area contributed by atoms with Crippen LogP contribution in [0.5, 0.6) is 0 Å². The molecule has 3 N–H and O–H groups in total. The van der Waals surface area contributed by atoms with Crippen LogP contribution in [0.15, 0.2) is 0 Å². The summed E-state index contributed by atoms with van der Waals surface area (Å²) < 4.78 is 0. The van der Waals surface area contributed by atoms with Crippen molar-refractivity contribution in [3.05, 3.63) is 0 Å². The zero-order valence-corrected chi connectivity index (χ0v) is 11.3. The number of carbonyl (C=O) groups excluding carboxylic acids is 1. The zero-order valence-electron chi connectivity index (χ0n) is 10.5. The third-order valence-electron chi connectivity index (χ3n) is 4.11. The largest absolute Gasteiger partial charge is 0.353 e. The maximum atomic E-state index is 12.0. The fraction of sp³-hybridized carbons (Fsp3) is 0.923. The van der Waals surface area contributed by atoms with E-state index in [0.717, 1.165) is 32.1 Å². The number of nitrogens with one attached hydrogen (secondary N) is 1. The van der Waals surface area contributed by atoms with Gasteiger partial charge in [0.1, 0.15) is 0 Å². The SMILES string of the molecule is Cl.NC1CCCC1C(=O)NC1CCCCCC1. The van der Waals surface area contributed by atoms with Gasteiger partial charge in [-0.15, -0.1) is 12.4 Å². The summed E-state index contributed by atoms with van der Waals surface area (Å²) in [5.41, 5.74) is 5.96. The van der Waals surface area contributed by atoms with E-state index in [4.69, 9.17) is 5.73 Å². The van der Waals surface area contributed by atoms with E-state index in [0.29, 0.717) is 6.04 Å². The molecule has 4 heteroatoms. The Hall–Kier alpha value is -0.280. The topological polar surface area (TPSA) is 55.1 Å². The van der Waals surface area contributed by atoms with Crippen molar-refractivity contribution >= 4 is 18.3 Å². The van der Waals surface area contributed by atoms with Crippen LogP contribution < -0.4 is 11.1 Å². The van der Waals surface area contributed by atoms with Crippen LogP contribution in [0, 0.1) is 5.92 Å². The van der Waals surface area contributed by atoms with Crippen molar-refractivity contribution in [2.75, 3.05) is 0 Å². The molecule has 2 atom stereocenters. The first-order valence-corrected chi connectivity index (χ1v) is 6.83. The van der Waals surface area contributed by atoms with Crippen LogP contribution >= 0.6 is 12.4 Å². The predicted octanol–water partition coefficient (Wildman–Crippen LogP) is 2.37. The van der Waals surface area contributed by atoms with Gasteiger partial charge in [-0.25, -0.2) is 0 Å². The van der Waals surface area contributed by atoms with E-state index >= 15 is 0 Å². The van der Waals surface area contributed by atoms with Gasteiger partial charge in [-0.3, -0.25) is 4.79 Å². The Balaban J connectivity index is 0.00000144. The van der Waals surface area contributed by atoms with Crippen LogP contribution in [0.3, 0.4) is 0 Å². The number of halogens is 1. The Bertz CT molecular complexity index is 240. The molecule has 3 nitrogen and oxygen atoms in total. The van der Waals surface area contributed by atoms with Crippen molar-refractivity contribution in [3.63, 3.8) is 0 Å². The number of rotatable bonds is 2. The van der Waals surface area contributed by atoms with E-state index in [1.54, 1.807) is 0 Å². The molecule has 0 aromatic heterocycles. The molecule has 2 saturated carbocycles. The Morgan fingerprint density at radius 1 is 0.941 bits per heavy atom. The lowest BCUT2D eigenvalue weighted by molar-refractivity contribution is -0.125. The van der Waals surface area contributed by atoms with Crippen LogP contribution in [0.4, 0.5) is 0 Å².